The quantitative estimate of drug-likeness (QED) is 0.103. The summed E-state index contributed by atoms with van der Waals surface area (Å²) in [4.78, 5) is 75.7. The van der Waals surface area contributed by atoms with Crippen molar-refractivity contribution in [1.29, 1.82) is 0 Å². The van der Waals surface area contributed by atoms with E-state index in [-0.39, 0.29) is 29.8 Å². The first-order valence-corrected chi connectivity index (χ1v) is 20.6. The number of alkyl carbamates (subject to hydrolysis) is 2. The van der Waals surface area contributed by atoms with Crippen molar-refractivity contribution in [3.05, 3.63) is 115 Å². The number of hydrogen-bond donors (Lipinski definition) is 4. The average molecular weight is 824 g/mol. The molecule has 2 fully saturated rings. The molecule has 2 aliphatic heterocycles. The maximum Gasteiger partial charge on any atom is 0.407 e. The number of fused-ring (bicyclic) bond motifs is 1. The molecule has 0 bridgehead atoms. The van der Waals surface area contributed by atoms with Crippen LogP contribution in [0, 0.1) is 5.92 Å². The van der Waals surface area contributed by atoms with Crippen molar-refractivity contribution in [3.8, 4) is 33.6 Å². The molecule has 0 spiro atoms. The molecular weight excluding hydrogens is 775 g/mol. The summed E-state index contributed by atoms with van der Waals surface area (Å²) in [7, 11) is 2.56. The van der Waals surface area contributed by atoms with Crippen molar-refractivity contribution < 1.29 is 28.7 Å². The Balaban J connectivity index is 0.942. The van der Waals surface area contributed by atoms with E-state index in [9.17, 15) is 19.2 Å². The van der Waals surface area contributed by atoms with Crippen LogP contribution in [-0.2, 0) is 19.1 Å². The molecule has 314 valence electrons. The smallest absolute Gasteiger partial charge is 0.407 e. The summed E-state index contributed by atoms with van der Waals surface area (Å²) < 4.78 is 9.58. The third kappa shape index (κ3) is 8.54. The van der Waals surface area contributed by atoms with Gasteiger partial charge in [-0.25, -0.2) is 19.6 Å². The van der Waals surface area contributed by atoms with Gasteiger partial charge in [0.1, 0.15) is 23.7 Å². The molecule has 0 unspecified atom stereocenters. The zero-order valence-electron chi connectivity index (χ0n) is 34.6. The Labute approximate surface area is 353 Å². The van der Waals surface area contributed by atoms with E-state index in [2.05, 4.69) is 86.2 Å². The Morgan fingerprint density at radius 2 is 1.21 bits per heavy atom. The molecule has 4 atom stereocenters. The summed E-state index contributed by atoms with van der Waals surface area (Å²) >= 11 is 0. The van der Waals surface area contributed by atoms with Crippen LogP contribution in [-0.4, -0.2) is 92.1 Å². The highest BCUT2D eigenvalue weighted by atomic mass is 16.5. The molecule has 15 nitrogen and oxygen atoms in total. The van der Waals surface area contributed by atoms with Crippen LogP contribution in [0.25, 0.3) is 44.4 Å². The van der Waals surface area contributed by atoms with Crippen molar-refractivity contribution in [1.82, 2.24) is 45.4 Å². The SMILES string of the molecule is COC(=O)N[C@H](C(=O)N1CCC[C@H]1c1ncc(-c2ccc(-c3ccc4cc(-c5cnc([C@@H]6CCCN6C(=O)[C@@H](NC(=O)OC)C(C)C)[nH]5)ccc4c3)cc2)[nH]1)c1cccnc1. The summed E-state index contributed by atoms with van der Waals surface area (Å²) in [5, 5.41) is 7.55. The molecule has 6 aromatic rings. The van der Waals surface area contributed by atoms with Crippen molar-refractivity contribution in [2.45, 2.75) is 63.7 Å². The summed E-state index contributed by atoms with van der Waals surface area (Å²) in [5.41, 5.74) is 6.37. The van der Waals surface area contributed by atoms with Gasteiger partial charge in [0.2, 0.25) is 5.91 Å². The third-order valence-corrected chi connectivity index (χ3v) is 11.7. The third-order valence-electron chi connectivity index (χ3n) is 11.7. The van der Waals surface area contributed by atoms with Gasteiger partial charge in [-0.3, -0.25) is 14.6 Å². The number of pyridine rings is 1. The number of likely N-dealkylation sites (tertiary alicyclic amines) is 2. The molecule has 4 amide bonds. The number of ether oxygens (including phenoxy) is 2. The van der Waals surface area contributed by atoms with Crippen LogP contribution in [0.15, 0.2) is 97.6 Å². The van der Waals surface area contributed by atoms with Gasteiger partial charge in [-0.2, -0.15) is 0 Å². The molecule has 15 heteroatoms. The number of benzene rings is 3. The van der Waals surface area contributed by atoms with E-state index >= 15 is 0 Å². The highest BCUT2D eigenvalue weighted by Gasteiger charge is 2.39. The van der Waals surface area contributed by atoms with Gasteiger partial charge in [-0.1, -0.05) is 68.4 Å². The predicted octanol–water partition coefficient (Wildman–Crippen LogP) is 7.49. The zero-order valence-corrected chi connectivity index (χ0v) is 34.6. The van der Waals surface area contributed by atoms with Gasteiger partial charge in [0, 0.05) is 36.6 Å². The van der Waals surface area contributed by atoms with Gasteiger partial charge in [-0.15, -0.1) is 0 Å². The van der Waals surface area contributed by atoms with Crippen LogP contribution in [0.1, 0.15) is 74.9 Å². The van der Waals surface area contributed by atoms with Crippen LogP contribution in [0.4, 0.5) is 9.59 Å². The number of hydrogen-bond acceptors (Lipinski definition) is 9. The lowest BCUT2D eigenvalue weighted by atomic mass is 9.98. The minimum absolute atomic E-state index is 0.109. The van der Waals surface area contributed by atoms with Crippen LogP contribution >= 0.6 is 0 Å². The molecular formula is C46H49N9O6. The number of nitrogens with zero attached hydrogens (tertiary/aromatic N) is 5. The molecule has 4 N–H and O–H groups in total. The van der Waals surface area contributed by atoms with Crippen molar-refractivity contribution >= 4 is 34.8 Å². The fourth-order valence-electron chi connectivity index (χ4n) is 8.43. The van der Waals surface area contributed by atoms with Gasteiger partial charge in [0.15, 0.2) is 0 Å². The maximum atomic E-state index is 13.9. The molecule has 0 aliphatic carbocycles. The normalized spacial score (nSPS) is 17.3. The van der Waals surface area contributed by atoms with E-state index in [1.54, 1.807) is 35.6 Å². The monoisotopic (exact) mass is 823 g/mol. The Hall–Kier alpha value is -7.03. The molecule has 5 heterocycles. The van der Waals surface area contributed by atoms with Crippen molar-refractivity contribution in [2.75, 3.05) is 27.3 Å². The first-order chi connectivity index (χ1) is 29.6. The number of imidazole rings is 2. The van der Waals surface area contributed by atoms with Crippen LogP contribution in [0.5, 0.6) is 0 Å². The molecule has 3 aromatic heterocycles. The van der Waals surface area contributed by atoms with Gasteiger partial charge < -0.3 is 39.9 Å². The van der Waals surface area contributed by atoms with Crippen LogP contribution < -0.4 is 10.6 Å². The van der Waals surface area contributed by atoms with Crippen molar-refractivity contribution in [3.63, 3.8) is 0 Å². The Kier molecular flexibility index (Phi) is 11.8. The Morgan fingerprint density at radius 1 is 0.672 bits per heavy atom. The molecule has 0 saturated carbocycles. The minimum Gasteiger partial charge on any atom is -0.453 e. The van der Waals surface area contributed by atoms with E-state index in [0.717, 1.165) is 75.9 Å². The topological polar surface area (TPSA) is 188 Å². The van der Waals surface area contributed by atoms with E-state index in [1.807, 2.05) is 24.9 Å². The van der Waals surface area contributed by atoms with E-state index in [4.69, 9.17) is 19.4 Å². The lowest BCUT2D eigenvalue weighted by Gasteiger charge is -2.30. The van der Waals surface area contributed by atoms with Gasteiger partial charge in [0.25, 0.3) is 5.91 Å². The fraction of sp³-hybridized carbons (Fsp3) is 0.326. The number of H-pyrrole nitrogens is 2. The molecule has 8 rings (SSSR count). The average Bonchev–Trinajstić information content (AvgIpc) is 4.14. The maximum absolute atomic E-state index is 13.9. The summed E-state index contributed by atoms with van der Waals surface area (Å²) in [5.74, 6) is 0.911. The van der Waals surface area contributed by atoms with Crippen LogP contribution in [0.3, 0.4) is 0 Å². The molecule has 2 saturated heterocycles. The van der Waals surface area contributed by atoms with Crippen LogP contribution in [0.2, 0.25) is 0 Å². The number of carbonyl (C=O) groups is 4. The van der Waals surface area contributed by atoms with E-state index in [0.29, 0.717) is 24.5 Å². The number of aromatic nitrogens is 5. The Morgan fingerprint density at radius 3 is 1.80 bits per heavy atom. The van der Waals surface area contributed by atoms with E-state index < -0.39 is 24.3 Å². The summed E-state index contributed by atoms with van der Waals surface area (Å²) in [6.45, 7) is 4.93. The van der Waals surface area contributed by atoms with E-state index in [1.165, 1.54) is 14.2 Å². The lowest BCUT2D eigenvalue weighted by molar-refractivity contribution is -0.135. The van der Waals surface area contributed by atoms with Gasteiger partial charge in [0.05, 0.1) is 50.1 Å². The second-order valence-corrected chi connectivity index (χ2v) is 15.8. The number of methoxy groups -OCH3 is 2. The first kappa shape index (κ1) is 40.7. The molecule has 61 heavy (non-hydrogen) atoms. The number of rotatable bonds is 11. The Bertz CT molecular complexity index is 2540. The van der Waals surface area contributed by atoms with Gasteiger partial charge >= 0.3 is 12.2 Å². The predicted molar refractivity (Wildman–Crippen MR) is 229 cm³/mol. The highest BCUT2D eigenvalue weighted by Crippen LogP contribution is 2.36. The highest BCUT2D eigenvalue weighted by molar-refractivity contribution is 5.91. The zero-order chi connectivity index (χ0) is 42.6. The van der Waals surface area contributed by atoms with Gasteiger partial charge in [-0.05, 0) is 77.3 Å². The fourth-order valence-corrected chi connectivity index (χ4v) is 8.43. The molecule has 0 radical (unpaired) electrons. The standard InChI is InChI=1S/C46H49N9O6/c1-27(2)39(52-45(58)60-3)43(56)54-20-6-9-37(54)42-49-26-36(51-42)33-18-17-31-22-30(15-16-32(31)23-33)28-11-13-29(14-12-28)35-25-48-41(50-35)38-10-7-21-55(38)44(57)40(53-46(59)61-4)34-8-5-19-47-24-34/h5,8,11-19,22-27,37-40H,6-7,9-10,20-21H2,1-4H3,(H,48,50)(H,49,51)(H,52,58)(H,53,59)/t37-,38-,39-,40-/m0/s1. The second-order valence-electron chi connectivity index (χ2n) is 15.8. The second kappa shape index (κ2) is 17.7. The number of amides is 4. The largest absolute Gasteiger partial charge is 0.453 e. The number of nitrogens with one attached hydrogen (secondary N) is 4. The number of carbonyl (C=O) groups excluding carboxylic acids is 4. The van der Waals surface area contributed by atoms with Crippen molar-refractivity contribution in [2.24, 2.45) is 5.92 Å². The molecule has 2 aliphatic rings. The number of aromatic amines is 2. The lowest BCUT2D eigenvalue weighted by Crippen LogP contribution is -2.51. The molecule has 3 aromatic carbocycles. The first-order valence-electron chi connectivity index (χ1n) is 20.6. The minimum atomic E-state index is -0.943. The summed E-state index contributed by atoms with van der Waals surface area (Å²) in [6.07, 6.45) is 8.64. The summed E-state index contributed by atoms with van der Waals surface area (Å²) in [6, 6.07) is 22.4.